The number of anilines is 1. The molecule has 0 bridgehead atoms. The minimum absolute atomic E-state index is 0.0267. The fourth-order valence-electron chi connectivity index (χ4n) is 2.84. The van der Waals surface area contributed by atoms with E-state index in [1.165, 1.54) is 4.90 Å². The van der Waals surface area contributed by atoms with E-state index in [4.69, 9.17) is 9.47 Å². The molecule has 2 unspecified atom stereocenters. The third kappa shape index (κ3) is 4.72. The Hall–Kier alpha value is -1.59. The molecule has 1 fully saturated rings. The monoisotopic (exact) mass is 293 g/mol. The van der Waals surface area contributed by atoms with Gasteiger partial charge in [-0.25, -0.2) is 0 Å². The summed E-state index contributed by atoms with van der Waals surface area (Å²) in [5, 5.41) is 2.91. The van der Waals surface area contributed by atoms with Crippen molar-refractivity contribution in [2.75, 3.05) is 32.1 Å². The van der Waals surface area contributed by atoms with Crippen LogP contribution in [0.4, 0.5) is 5.69 Å². The van der Waals surface area contributed by atoms with Crippen LogP contribution in [0.1, 0.15) is 20.3 Å². The molecule has 1 aliphatic rings. The molecule has 2 atom stereocenters. The summed E-state index contributed by atoms with van der Waals surface area (Å²) >= 11 is 0. The molecule has 1 heterocycles. The van der Waals surface area contributed by atoms with E-state index < -0.39 is 0 Å². The summed E-state index contributed by atoms with van der Waals surface area (Å²) in [6.07, 6.45) is 1.04. The molecule has 5 nitrogen and oxygen atoms in total. The van der Waals surface area contributed by atoms with Crippen LogP contribution in [0, 0.1) is 0 Å². The van der Waals surface area contributed by atoms with Gasteiger partial charge in [-0.3, -0.25) is 4.79 Å². The average Bonchev–Trinajstić information content (AvgIpc) is 2.45. The highest BCUT2D eigenvalue weighted by atomic mass is 16.5. The maximum Gasteiger partial charge on any atom is 0.230 e. The van der Waals surface area contributed by atoms with Crippen LogP contribution in [0.3, 0.4) is 0 Å². The van der Waals surface area contributed by atoms with Gasteiger partial charge in [-0.2, -0.15) is 0 Å². The van der Waals surface area contributed by atoms with E-state index >= 15 is 0 Å². The summed E-state index contributed by atoms with van der Waals surface area (Å²) < 4.78 is 10.9. The highest BCUT2D eigenvalue weighted by molar-refractivity contribution is 5.92. The first kappa shape index (κ1) is 15.8. The Balaban J connectivity index is 1.82. The largest absolute Gasteiger partial charge is 0.495 e. The van der Waals surface area contributed by atoms with Crippen LogP contribution in [-0.4, -0.2) is 44.9 Å². The van der Waals surface area contributed by atoms with Gasteiger partial charge in [-0.15, -0.1) is 0 Å². The zero-order chi connectivity index (χ0) is 15.2. The van der Waals surface area contributed by atoms with Crippen LogP contribution in [0.2, 0.25) is 0 Å². The first-order valence-corrected chi connectivity index (χ1v) is 7.50. The number of benzene rings is 1. The minimum atomic E-state index is 0.0267. The molecule has 1 aromatic carbocycles. The van der Waals surface area contributed by atoms with Gasteiger partial charge < -0.3 is 19.7 Å². The van der Waals surface area contributed by atoms with E-state index in [0.717, 1.165) is 25.3 Å². The van der Waals surface area contributed by atoms with Crippen LogP contribution in [0.15, 0.2) is 24.3 Å². The first-order valence-electron chi connectivity index (χ1n) is 7.50. The Morgan fingerprint density at radius 3 is 2.67 bits per heavy atom. The van der Waals surface area contributed by atoms with Gasteiger partial charge in [0.15, 0.2) is 0 Å². The number of para-hydroxylation sites is 2. The number of amides is 1. The SMILES string of the molecule is COc1ccccc1NC(=O)CC[NH+]1CC(C)OC(C)C1. The topological polar surface area (TPSA) is 52.0 Å². The molecule has 21 heavy (non-hydrogen) atoms. The van der Waals surface area contributed by atoms with Crippen molar-refractivity contribution in [2.45, 2.75) is 32.5 Å². The van der Waals surface area contributed by atoms with Crippen molar-refractivity contribution in [3.05, 3.63) is 24.3 Å². The summed E-state index contributed by atoms with van der Waals surface area (Å²) in [5.41, 5.74) is 0.726. The van der Waals surface area contributed by atoms with Crippen molar-refractivity contribution in [1.82, 2.24) is 0 Å². The standard InChI is InChI=1S/C16H24N2O3/c1-12-10-18(11-13(2)21-12)9-8-16(19)17-14-6-4-5-7-15(14)20-3/h4-7,12-13H,8-11H2,1-3H3,(H,17,19)/p+1. The van der Waals surface area contributed by atoms with E-state index in [1.807, 2.05) is 24.3 Å². The number of carbonyl (C=O) groups excluding carboxylic acids is 1. The maximum absolute atomic E-state index is 12.1. The smallest absolute Gasteiger partial charge is 0.230 e. The lowest BCUT2D eigenvalue weighted by atomic mass is 10.2. The van der Waals surface area contributed by atoms with E-state index in [9.17, 15) is 4.79 Å². The van der Waals surface area contributed by atoms with Gasteiger partial charge in [0.1, 0.15) is 31.0 Å². The van der Waals surface area contributed by atoms with E-state index in [0.29, 0.717) is 12.2 Å². The van der Waals surface area contributed by atoms with Gasteiger partial charge in [-0.1, -0.05) is 12.1 Å². The zero-order valence-electron chi connectivity index (χ0n) is 13.0. The van der Waals surface area contributed by atoms with Gasteiger partial charge in [0.25, 0.3) is 0 Å². The molecule has 1 amide bonds. The molecule has 0 aromatic heterocycles. The maximum atomic E-state index is 12.1. The number of nitrogens with one attached hydrogen (secondary N) is 2. The lowest BCUT2D eigenvalue weighted by molar-refractivity contribution is -0.914. The Bertz CT molecular complexity index is 468. The first-order chi connectivity index (χ1) is 10.1. The van der Waals surface area contributed by atoms with Crippen molar-refractivity contribution in [3.8, 4) is 5.75 Å². The second-order valence-electron chi connectivity index (χ2n) is 5.66. The number of hydrogen-bond donors (Lipinski definition) is 2. The van der Waals surface area contributed by atoms with Crippen LogP contribution in [0.5, 0.6) is 5.75 Å². The van der Waals surface area contributed by atoms with Gasteiger partial charge >= 0.3 is 0 Å². The van der Waals surface area contributed by atoms with E-state index in [-0.39, 0.29) is 18.1 Å². The number of quaternary nitrogens is 1. The van der Waals surface area contributed by atoms with Crippen molar-refractivity contribution >= 4 is 11.6 Å². The van der Waals surface area contributed by atoms with Gasteiger partial charge in [0.05, 0.1) is 25.8 Å². The molecule has 0 radical (unpaired) electrons. The molecule has 0 spiro atoms. The number of morpholine rings is 1. The van der Waals surface area contributed by atoms with Gasteiger partial charge in [0.2, 0.25) is 5.91 Å². The molecule has 0 saturated carbocycles. The summed E-state index contributed by atoms with van der Waals surface area (Å²) in [6.45, 7) is 6.94. The summed E-state index contributed by atoms with van der Waals surface area (Å²) in [6, 6.07) is 7.46. The molecular formula is C16H25N2O3+. The molecule has 2 N–H and O–H groups in total. The normalized spacial score (nSPS) is 25.4. The lowest BCUT2D eigenvalue weighted by Gasteiger charge is -2.32. The number of rotatable bonds is 5. The number of carbonyl (C=O) groups is 1. The molecule has 116 valence electrons. The second-order valence-corrected chi connectivity index (χ2v) is 5.66. The van der Waals surface area contributed by atoms with E-state index in [1.54, 1.807) is 7.11 Å². The van der Waals surface area contributed by atoms with Gasteiger partial charge in [0, 0.05) is 0 Å². The number of methoxy groups -OCH3 is 1. The fraction of sp³-hybridized carbons (Fsp3) is 0.562. The van der Waals surface area contributed by atoms with Crippen molar-refractivity contribution < 1.29 is 19.2 Å². The Morgan fingerprint density at radius 1 is 1.33 bits per heavy atom. The van der Waals surface area contributed by atoms with Gasteiger partial charge in [-0.05, 0) is 26.0 Å². The quantitative estimate of drug-likeness (QED) is 0.841. The van der Waals surface area contributed by atoms with Crippen molar-refractivity contribution in [2.24, 2.45) is 0 Å². The van der Waals surface area contributed by atoms with E-state index in [2.05, 4.69) is 19.2 Å². The highest BCUT2D eigenvalue weighted by Crippen LogP contribution is 2.22. The third-order valence-electron chi connectivity index (χ3n) is 3.70. The third-order valence-corrected chi connectivity index (χ3v) is 3.70. The number of hydrogen-bond acceptors (Lipinski definition) is 3. The van der Waals surface area contributed by atoms with Crippen LogP contribution in [-0.2, 0) is 9.53 Å². The summed E-state index contributed by atoms with van der Waals surface area (Å²) in [7, 11) is 1.60. The van der Waals surface area contributed by atoms with Crippen molar-refractivity contribution in [3.63, 3.8) is 0 Å². The molecule has 5 heteroatoms. The Morgan fingerprint density at radius 2 is 2.00 bits per heavy atom. The second kappa shape index (κ2) is 7.43. The molecular weight excluding hydrogens is 268 g/mol. The predicted octanol–water partition coefficient (Wildman–Crippen LogP) is 0.716. The number of ether oxygens (including phenoxy) is 2. The molecule has 0 aliphatic carbocycles. The minimum Gasteiger partial charge on any atom is -0.495 e. The predicted molar refractivity (Wildman–Crippen MR) is 81.8 cm³/mol. The molecule has 2 rings (SSSR count). The lowest BCUT2D eigenvalue weighted by Crippen LogP contribution is -3.15. The fourth-order valence-corrected chi connectivity index (χ4v) is 2.84. The molecule has 1 aliphatic heterocycles. The summed E-state index contributed by atoms with van der Waals surface area (Å²) in [4.78, 5) is 13.5. The van der Waals surface area contributed by atoms with Crippen LogP contribution >= 0.6 is 0 Å². The van der Waals surface area contributed by atoms with Crippen molar-refractivity contribution in [1.29, 1.82) is 0 Å². The Labute approximate surface area is 126 Å². The van der Waals surface area contributed by atoms with Crippen LogP contribution < -0.4 is 15.0 Å². The molecule has 1 saturated heterocycles. The molecule has 1 aromatic rings. The zero-order valence-corrected chi connectivity index (χ0v) is 13.0. The average molecular weight is 293 g/mol. The Kier molecular flexibility index (Phi) is 5.59. The summed E-state index contributed by atoms with van der Waals surface area (Å²) in [5.74, 6) is 0.714. The highest BCUT2D eigenvalue weighted by Gasteiger charge is 2.25. The van der Waals surface area contributed by atoms with Crippen LogP contribution in [0.25, 0.3) is 0 Å².